The first kappa shape index (κ1) is 20.3. The zero-order valence-electron chi connectivity index (χ0n) is 19.4. The highest BCUT2D eigenvalue weighted by Crippen LogP contribution is 2.67. The SMILES string of the molecule is Cn1nc(C(=O)NCCOC23CC4CC(C)(CC(C)(C4)C2)C3)c2c1-c1ccccc1OC2. The van der Waals surface area contributed by atoms with Crippen molar-refractivity contribution in [2.24, 2.45) is 23.8 Å². The van der Waals surface area contributed by atoms with Crippen LogP contribution in [0.15, 0.2) is 24.3 Å². The second-order valence-corrected chi connectivity index (χ2v) is 11.5. The van der Waals surface area contributed by atoms with Gasteiger partial charge in [-0.3, -0.25) is 9.48 Å². The summed E-state index contributed by atoms with van der Waals surface area (Å²) in [5, 5.41) is 7.57. The Bertz CT molecular complexity index is 1070. The van der Waals surface area contributed by atoms with Crippen LogP contribution < -0.4 is 10.1 Å². The number of hydrogen-bond acceptors (Lipinski definition) is 4. The third-order valence-electron chi connectivity index (χ3n) is 8.25. The highest BCUT2D eigenvalue weighted by molar-refractivity contribution is 5.96. The number of aryl methyl sites for hydroxylation is 1. The lowest BCUT2D eigenvalue weighted by atomic mass is 9.43. The average Bonchev–Trinajstić information content (AvgIpc) is 3.05. The maximum Gasteiger partial charge on any atom is 0.272 e. The van der Waals surface area contributed by atoms with E-state index in [4.69, 9.17) is 9.47 Å². The van der Waals surface area contributed by atoms with E-state index < -0.39 is 0 Å². The topological polar surface area (TPSA) is 65.4 Å². The van der Waals surface area contributed by atoms with Crippen molar-refractivity contribution >= 4 is 5.91 Å². The monoisotopic (exact) mass is 435 g/mol. The van der Waals surface area contributed by atoms with E-state index in [1.54, 1.807) is 4.68 Å². The van der Waals surface area contributed by atoms with Gasteiger partial charge < -0.3 is 14.8 Å². The third kappa shape index (κ3) is 3.18. The number of benzene rings is 1. The highest BCUT2D eigenvalue weighted by Gasteiger charge is 2.60. The molecule has 2 atom stereocenters. The predicted octanol–water partition coefficient (Wildman–Crippen LogP) is 4.47. The fourth-order valence-corrected chi connectivity index (χ4v) is 8.18. The minimum Gasteiger partial charge on any atom is -0.488 e. The molecule has 1 N–H and O–H groups in total. The molecule has 1 aromatic heterocycles. The zero-order valence-corrected chi connectivity index (χ0v) is 19.4. The highest BCUT2D eigenvalue weighted by atomic mass is 16.5. The van der Waals surface area contributed by atoms with Crippen LogP contribution in [0.2, 0.25) is 0 Å². The summed E-state index contributed by atoms with van der Waals surface area (Å²) in [4.78, 5) is 13.0. The third-order valence-corrected chi connectivity index (χ3v) is 8.25. The molecule has 4 fully saturated rings. The Balaban J connectivity index is 1.12. The van der Waals surface area contributed by atoms with E-state index in [2.05, 4.69) is 24.3 Å². The van der Waals surface area contributed by atoms with Crippen LogP contribution in [-0.4, -0.2) is 34.4 Å². The largest absolute Gasteiger partial charge is 0.488 e. The number of nitrogens with one attached hydrogen (secondary N) is 1. The fraction of sp³-hybridized carbons (Fsp3) is 0.615. The molecule has 6 heteroatoms. The number of carbonyl (C=O) groups is 1. The molecule has 0 spiro atoms. The molecule has 2 aromatic rings. The van der Waals surface area contributed by atoms with Gasteiger partial charge in [0.15, 0.2) is 5.69 Å². The quantitative estimate of drug-likeness (QED) is 0.704. The lowest BCUT2D eigenvalue weighted by molar-refractivity contribution is -0.213. The number of hydrogen-bond donors (Lipinski definition) is 1. The normalized spacial score (nSPS) is 34.0. The number of fused-ring (bicyclic) bond motifs is 3. The van der Waals surface area contributed by atoms with Gasteiger partial charge in [0.2, 0.25) is 0 Å². The van der Waals surface area contributed by atoms with Gasteiger partial charge in [-0.2, -0.15) is 5.10 Å². The molecule has 170 valence electrons. The first-order valence-corrected chi connectivity index (χ1v) is 12.0. The minimum atomic E-state index is -0.155. The number of carbonyl (C=O) groups excluding carboxylic acids is 1. The van der Waals surface area contributed by atoms with Crippen LogP contribution in [0.4, 0.5) is 0 Å². The molecule has 4 saturated carbocycles. The van der Waals surface area contributed by atoms with E-state index in [-0.39, 0.29) is 11.5 Å². The van der Waals surface area contributed by atoms with E-state index in [9.17, 15) is 4.79 Å². The molecule has 1 aliphatic heterocycles. The molecule has 2 unspecified atom stereocenters. The first-order chi connectivity index (χ1) is 15.3. The number of rotatable bonds is 5. The summed E-state index contributed by atoms with van der Waals surface area (Å²) in [5.74, 6) is 1.48. The molecule has 0 radical (unpaired) electrons. The summed E-state index contributed by atoms with van der Waals surface area (Å²) < 4.78 is 14.2. The van der Waals surface area contributed by atoms with Crippen molar-refractivity contribution < 1.29 is 14.3 Å². The van der Waals surface area contributed by atoms with Crippen molar-refractivity contribution in [2.45, 2.75) is 64.6 Å². The van der Waals surface area contributed by atoms with Gasteiger partial charge in [0.25, 0.3) is 5.91 Å². The molecule has 6 nitrogen and oxygen atoms in total. The van der Waals surface area contributed by atoms with Crippen molar-refractivity contribution in [3.05, 3.63) is 35.5 Å². The van der Waals surface area contributed by atoms with Crippen molar-refractivity contribution in [3.63, 3.8) is 0 Å². The van der Waals surface area contributed by atoms with Crippen LogP contribution >= 0.6 is 0 Å². The van der Waals surface area contributed by atoms with E-state index in [0.29, 0.717) is 36.3 Å². The second-order valence-electron chi connectivity index (χ2n) is 11.5. The van der Waals surface area contributed by atoms with Gasteiger partial charge in [0.05, 0.1) is 17.9 Å². The lowest BCUT2D eigenvalue weighted by Gasteiger charge is -2.65. The van der Waals surface area contributed by atoms with Gasteiger partial charge in [-0.15, -0.1) is 0 Å². The standard InChI is InChI=1S/C26H33N3O3/c1-24-10-17-11-25(2,14-24)16-26(12-17,15-24)32-9-8-27-23(30)21-19-13-31-20-7-5-4-6-18(20)22(19)29(3)28-21/h4-7,17H,8-16H2,1-3H3,(H,27,30). The Labute approximate surface area is 189 Å². The molecule has 5 aliphatic rings. The van der Waals surface area contributed by atoms with E-state index in [1.165, 1.54) is 38.5 Å². The molecule has 1 amide bonds. The number of ether oxygens (including phenoxy) is 2. The van der Waals surface area contributed by atoms with Crippen LogP contribution in [0.5, 0.6) is 5.75 Å². The Morgan fingerprint density at radius 1 is 1.19 bits per heavy atom. The van der Waals surface area contributed by atoms with Crippen molar-refractivity contribution in [3.8, 4) is 17.0 Å². The van der Waals surface area contributed by atoms with Gasteiger partial charge in [-0.25, -0.2) is 0 Å². The van der Waals surface area contributed by atoms with Gasteiger partial charge in [-0.1, -0.05) is 26.0 Å². The molecular weight excluding hydrogens is 402 g/mol. The number of para-hydroxylation sites is 1. The molecule has 4 bridgehead atoms. The minimum absolute atomic E-state index is 0.00928. The van der Waals surface area contributed by atoms with Crippen LogP contribution in [-0.2, 0) is 18.4 Å². The van der Waals surface area contributed by atoms with Crippen molar-refractivity contribution in [1.82, 2.24) is 15.1 Å². The van der Waals surface area contributed by atoms with Gasteiger partial charge >= 0.3 is 0 Å². The van der Waals surface area contributed by atoms with Crippen molar-refractivity contribution in [1.29, 1.82) is 0 Å². The summed E-state index contributed by atoms with van der Waals surface area (Å²) >= 11 is 0. The molecule has 2 heterocycles. The predicted molar refractivity (Wildman–Crippen MR) is 121 cm³/mol. The van der Waals surface area contributed by atoms with Crippen LogP contribution in [0.3, 0.4) is 0 Å². The van der Waals surface area contributed by atoms with E-state index in [0.717, 1.165) is 28.5 Å². The number of amides is 1. The molecule has 7 rings (SSSR count). The zero-order chi connectivity index (χ0) is 22.1. The maximum atomic E-state index is 13.0. The average molecular weight is 436 g/mol. The Morgan fingerprint density at radius 2 is 1.94 bits per heavy atom. The summed E-state index contributed by atoms with van der Waals surface area (Å²) in [6.07, 6.45) is 7.60. The van der Waals surface area contributed by atoms with Crippen LogP contribution in [0.1, 0.15) is 68.4 Å². The Kier molecular flexibility index (Phi) is 4.33. The van der Waals surface area contributed by atoms with Gasteiger partial charge in [-0.05, 0) is 67.4 Å². The van der Waals surface area contributed by atoms with Gasteiger partial charge in [0.1, 0.15) is 12.4 Å². The fourth-order valence-electron chi connectivity index (χ4n) is 8.18. The molecule has 1 aromatic carbocycles. The molecule has 0 saturated heterocycles. The maximum absolute atomic E-state index is 13.0. The lowest BCUT2D eigenvalue weighted by Crippen LogP contribution is -2.59. The number of nitrogens with zero attached hydrogens (tertiary/aromatic N) is 2. The summed E-state index contributed by atoms with van der Waals surface area (Å²) in [7, 11) is 1.88. The van der Waals surface area contributed by atoms with E-state index in [1.807, 2.05) is 31.3 Å². The van der Waals surface area contributed by atoms with E-state index >= 15 is 0 Å². The smallest absolute Gasteiger partial charge is 0.272 e. The Hall–Kier alpha value is -2.34. The summed E-state index contributed by atoms with van der Waals surface area (Å²) in [6, 6.07) is 7.90. The summed E-state index contributed by atoms with van der Waals surface area (Å²) in [6.45, 7) is 6.33. The summed E-state index contributed by atoms with van der Waals surface area (Å²) in [5.41, 5.74) is 4.12. The molecular formula is C26H33N3O3. The van der Waals surface area contributed by atoms with Crippen LogP contribution in [0, 0.1) is 16.7 Å². The number of aromatic nitrogens is 2. The van der Waals surface area contributed by atoms with Crippen LogP contribution in [0.25, 0.3) is 11.3 Å². The Morgan fingerprint density at radius 3 is 2.69 bits per heavy atom. The van der Waals surface area contributed by atoms with Crippen molar-refractivity contribution in [2.75, 3.05) is 13.2 Å². The first-order valence-electron chi connectivity index (χ1n) is 12.0. The van der Waals surface area contributed by atoms with Gasteiger partial charge in [0, 0.05) is 24.7 Å². The second kappa shape index (κ2) is 6.83. The molecule has 4 aliphatic carbocycles. The molecule has 32 heavy (non-hydrogen) atoms.